The summed E-state index contributed by atoms with van der Waals surface area (Å²) in [7, 11) is 0. The third-order valence-corrected chi connectivity index (χ3v) is 3.92. The van der Waals surface area contributed by atoms with E-state index in [4.69, 9.17) is 0 Å². The number of amides is 1. The Kier molecular flexibility index (Phi) is 3.54. The molecule has 0 saturated heterocycles. The Morgan fingerprint density at radius 1 is 1.47 bits per heavy atom. The van der Waals surface area contributed by atoms with Crippen molar-refractivity contribution in [1.29, 1.82) is 0 Å². The lowest BCUT2D eigenvalue weighted by molar-refractivity contribution is -0.122. The Bertz CT molecular complexity index is 544. The van der Waals surface area contributed by atoms with Crippen LogP contribution in [0, 0.1) is 0 Å². The van der Waals surface area contributed by atoms with Gasteiger partial charge in [0, 0.05) is 17.0 Å². The number of hydrogen-bond acceptors (Lipinski definition) is 5. The molecule has 1 N–H and O–H groups in total. The van der Waals surface area contributed by atoms with Crippen LogP contribution in [0.5, 0.6) is 0 Å². The quantitative estimate of drug-likeness (QED) is 0.918. The van der Waals surface area contributed by atoms with E-state index in [-0.39, 0.29) is 12.5 Å². The van der Waals surface area contributed by atoms with Crippen molar-refractivity contribution >= 4 is 17.2 Å². The lowest BCUT2D eigenvalue weighted by Gasteiger charge is -2.10. The Morgan fingerprint density at radius 2 is 2.32 bits per heavy atom. The lowest BCUT2D eigenvalue weighted by atomic mass is 10.2. The highest BCUT2D eigenvalue weighted by atomic mass is 32.1. The van der Waals surface area contributed by atoms with Gasteiger partial charge in [-0.25, -0.2) is 0 Å². The Hall–Kier alpha value is -1.76. The van der Waals surface area contributed by atoms with Gasteiger partial charge in [0.25, 0.3) is 0 Å². The van der Waals surface area contributed by atoms with Gasteiger partial charge in [-0.3, -0.25) is 4.79 Å². The molecule has 1 aliphatic carbocycles. The van der Waals surface area contributed by atoms with Crippen LogP contribution in [0.4, 0.5) is 0 Å². The zero-order chi connectivity index (χ0) is 13.1. The van der Waals surface area contributed by atoms with Crippen molar-refractivity contribution < 1.29 is 4.79 Å². The van der Waals surface area contributed by atoms with E-state index in [1.165, 1.54) is 17.6 Å². The number of tetrazole rings is 1. The van der Waals surface area contributed by atoms with Crippen molar-refractivity contribution in [3.8, 4) is 11.4 Å². The summed E-state index contributed by atoms with van der Waals surface area (Å²) in [6, 6.07) is 2.26. The second-order valence-corrected chi connectivity index (χ2v) is 5.48. The third-order valence-electron chi connectivity index (χ3n) is 3.24. The molecule has 6 nitrogen and oxygen atoms in total. The Labute approximate surface area is 114 Å². The van der Waals surface area contributed by atoms with Crippen LogP contribution in [-0.2, 0) is 11.3 Å². The van der Waals surface area contributed by atoms with E-state index in [0.29, 0.717) is 11.9 Å². The summed E-state index contributed by atoms with van der Waals surface area (Å²) < 4.78 is 0. The zero-order valence-electron chi connectivity index (χ0n) is 10.5. The van der Waals surface area contributed by atoms with Crippen LogP contribution < -0.4 is 5.32 Å². The molecule has 100 valence electrons. The highest BCUT2D eigenvalue weighted by molar-refractivity contribution is 7.08. The van der Waals surface area contributed by atoms with Gasteiger partial charge in [-0.05, 0) is 29.5 Å². The Balaban J connectivity index is 1.59. The highest BCUT2D eigenvalue weighted by Gasteiger charge is 2.18. The number of aromatic nitrogens is 4. The summed E-state index contributed by atoms with van der Waals surface area (Å²) in [4.78, 5) is 13.2. The molecule has 1 amide bonds. The molecule has 0 spiro atoms. The van der Waals surface area contributed by atoms with E-state index >= 15 is 0 Å². The largest absolute Gasteiger partial charge is 0.352 e. The normalized spacial score (nSPS) is 15.8. The molecule has 0 aliphatic heterocycles. The van der Waals surface area contributed by atoms with Crippen LogP contribution in [0.3, 0.4) is 0 Å². The molecule has 2 aromatic heterocycles. The molecule has 19 heavy (non-hydrogen) atoms. The van der Waals surface area contributed by atoms with E-state index in [2.05, 4.69) is 20.7 Å². The molecule has 0 bridgehead atoms. The first kappa shape index (κ1) is 12.3. The van der Waals surface area contributed by atoms with Gasteiger partial charge < -0.3 is 5.32 Å². The summed E-state index contributed by atoms with van der Waals surface area (Å²) in [6.07, 6.45) is 4.57. The number of nitrogens with zero attached hydrogens (tertiary/aromatic N) is 4. The fourth-order valence-corrected chi connectivity index (χ4v) is 2.92. The molecular formula is C12H15N5OS. The average Bonchev–Trinajstić information content (AvgIpc) is 3.09. The van der Waals surface area contributed by atoms with Crippen molar-refractivity contribution in [3.05, 3.63) is 16.8 Å². The molecule has 0 aromatic carbocycles. The minimum atomic E-state index is -0.0406. The fourth-order valence-electron chi connectivity index (χ4n) is 2.29. The highest BCUT2D eigenvalue weighted by Crippen LogP contribution is 2.18. The van der Waals surface area contributed by atoms with Gasteiger partial charge >= 0.3 is 0 Å². The standard InChI is InChI=1S/C12H15N5OS/c18-11(13-10-3-1-2-4-10)7-17-15-12(14-16-17)9-5-6-19-8-9/h5-6,8,10H,1-4,7H2,(H,13,18). The predicted molar refractivity (Wildman–Crippen MR) is 71.5 cm³/mol. The fraction of sp³-hybridized carbons (Fsp3) is 0.500. The van der Waals surface area contributed by atoms with Gasteiger partial charge in [-0.2, -0.15) is 16.1 Å². The number of hydrogen-bond donors (Lipinski definition) is 1. The zero-order valence-corrected chi connectivity index (χ0v) is 11.3. The van der Waals surface area contributed by atoms with Crippen LogP contribution in [0.2, 0.25) is 0 Å². The molecule has 1 aliphatic rings. The molecule has 2 heterocycles. The molecule has 0 atom stereocenters. The van der Waals surface area contributed by atoms with E-state index in [1.54, 1.807) is 11.3 Å². The van der Waals surface area contributed by atoms with Crippen molar-refractivity contribution in [2.75, 3.05) is 0 Å². The molecule has 1 saturated carbocycles. The molecule has 2 aromatic rings. The van der Waals surface area contributed by atoms with Crippen LogP contribution >= 0.6 is 11.3 Å². The molecule has 1 fully saturated rings. The minimum absolute atomic E-state index is 0.0406. The second-order valence-electron chi connectivity index (χ2n) is 4.70. The van der Waals surface area contributed by atoms with E-state index in [1.807, 2.05) is 16.8 Å². The summed E-state index contributed by atoms with van der Waals surface area (Å²) >= 11 is 1.58. The van der Waals surface area contributed by atoms with Gasteiger partial charge in [0.05, 0.1) is 0 Å². The number of carbonyl (C=O) groups is 1. The Morgan fingerprint density at radius 3 is 3.05 bits per heavy atom. The predicted octanol–water partition coefficient (Wildman–Crippen LogP) is 1.46. The molecule has 0 unspecified atom stereocenters. The summed E-state index contributed by atoms with van der Waals surface area (Å²) in [6.45, 7) is 0.133. The van der Waals surface area contributed by atoms with Gasteiger partial charge in [-0.15, -0.1) is 10.2 Å². The van der Waals surface area contributed by atoms with Crippen molar-refractivity contribution in [1.82, 2.24) is 25.5 Å². The second kappa shape index (κ2) is 5.48. The number of nitrogens with one attached hydrogen (secondary N) is 1. The average molecular weight is 277 g/mol. The first-order valence-electron chi connectivity index (χ1n) is 6.41. The molecule has 3 rings (SSSR count). The van der Waals surface area contributed by atoms with Crippen LogP contribution in [-0.4, -0.2) is 32.2 Å². The molecule has 0 radical (unpaired) electrons. The van der Waals surface area contributed by atoms with Gasteiger partial charge in [0.1, 0.15) is 6.54 Å². The van der Waals surface area contributed by atoms with Gasteiger partial charge in [0.2, 0.25) is 11.7 Å². The minimum Gasteiger partial charge on any atom is -0.352 e. The monoisotopic (exact) mass is 277 g/mol. The first-order valence-corrected chi connectivity index (χ1v) is 7.35. The van der Waals surface area contributed by atoms with Gasteiger partial charge in [-0.1, -0.05) is 12.8 Å². The maximum absolute atomic E-state index is 11.8. The van der Waals surface area contributed by atoms with E-state index in [0.717, 1.165) is 18.4 Å². The number of carbonyl (C=O) groups excluding carboxylic acids is 1. The molecular weight excluding hydrogens is 262 g/mol. The first-order chi connectivity index (χ1) is 9.31. The lowest BCUT2D eigenvalue weighted by Crippen LogP contribution is -2.35. The van der Waals surface area contributed by atoms with Crippen LogP contribution in [0.15, 0.2) is 16.8 Å². The molecule has 7 heteroatoms. The maximum Gasteiger partial charge on any atom is 0.243 e. The van der Waals surface area contributed by atoms with Crippen molar-refractivity contribution in [2.45, 2.75) is 38.3 Å². The van der Waals surface area contributed by atoms with Gasteiger partial charge in [0.15, 0.2) is 0 Å². The summed E-state index contributed by atoms with van der Waals surface area (Å²) in [5.74, 6) is 0.524. The summed E-state index contributed by atoms with van der Waals surface area (Å²) in [5.41, 5.74) is 0.937. The van der Waals surface area contributed by atoms with Crippen molar-refractivity contribution in [3.63, 3.8) is 0 Å². The number of rotatable bonds is 4. The third kappa shape index (κ3) is 2.98. The SMILES string of the molecule is O=C(Cn1nnc(-c2ccsc2)n1)NC1CCCC1. The van der Waals surface area contributed by atoms with Crippen molar-refractivity contribution in [2.24, 2.45) is 0 Å². The maximum atomic E-state index is 11.8. The van der Waals surface area contributed by atoms with Crippen LogP contribution in [0.25, 0.3) is 11.4 Å². The summed E-state index contributed by atoms with van der Waals surface area (Å²) in [5, 5.41) is 19.0. The van der Waals surface area contributed by atoms with E-state index < -0.39 is 0 Å². The van der Waals surface area contributed by atoms with Crippen LogP contribution in [0.1, 0.15) is 25.7 Å². The topological polar surface area (TPSA) is 72.7 Å². The number of thiophene rings is 1. The smallest absolute Gasteiger partial charge is 0.243 e. The van der Waals surface area contributed by atoms with E-state index in [9.17, 15) is 4.79 Å².